The van der Waals surface area contributed by atoms with Crippen LogP contribution < -0.4 is 9.64 Å². The number of benzene rings is 1. The summed E-state index contributed by atoms with van der Waals surface area (Å²) in [6.45, 7) is 0. The predicted molar refractivity (Wildman–Crippen MR) is 92.4 cm³/mol. The van der Waals surface area contributed by atoms with Crippen molar-refractivity contribution >= 4 is 33.6 Å². The van der Waals surface area contributed by atoms with Crippen LogP contribution in [0.4, 0.5) is 14.5 Å². The predicted octanol–water partition coefficient (Wildman–Crippen LogP) is 3.23. The molecule has 138 valence electrons. The molecule has 0 saturated carbocycles. The highest BCUT2D eigenvalue weighted by Gasteiger charge is 2.31. The Bertz CT molecular complexity index is 848. The van der Waals surface area contributed by atoms with Crippen LogP contribution in [0.2, 0.25) is 0 Å². The van der Waals surface area contributed by atoms with Crippen LogP contribution in [0.1, 0.15) is 0 Å². The van der Waals surface area contributed by atoms with Gasteiger partial charge in [0.2, 0.25) is 5.82 Å². The van der Waals surface area contributed by atoms with E-state index in [0.717, 1.165) is 26.2 Å². The van der Waals surface area contributed by atoms with Crippen molar-refractivity contribution in [3.63, 3.8) is 0 Å². The largest absolute Gasteiger partial charge is 0.491 e. The van der Waals surface area contributed by atoms with E-state index < -0.39 is 29.3 Å². The van der Waals surface area contributed by atoms with Crippen molar-refractivity contribution < 1.29 is 32.6 Å². The summed E-state index contributed by atoms with van der Waals surface area (Å²) in [5, 5.41) is 0. The van der Waals surface area contributed by atoms with Gasteiger partial charge in [-0.3, -0.25) is 0 Å². The van der Waals surface area contributed by atoms with Crippen molar-refractivity contribution in [2.75, 3.05) is 26.2 Å². The molecule has 9 heteroatoms. The van der Waals surface area contributed by atoms with Gasteiger partial charge in [0.05, 0.1) is 37.1 Å². The average Bonchev–Trinajstić information content (AvgIpc) is 2.87. The first-order valence-corrected chi connectivity index (χ1v) is 7.93. The molecule has 0 radical (unpaired) electrons. The van der Waals surface area contributed by atoms with Crippen molar-refractivity contribution in [2.45, 2.75) is 0 Å². The van der Waals surface area contributed by atoms with Crippen LogP contribution >= 0.6 is 15.9 Å². The van der Waals surface area contributed by atoms with Gasteiger partial charge in [-0.25, -0.2) is 14.0 Å². The summed E-state index contributed by atoms with van der Waals surface area (Å²) in [6.07, 6.45) is 5.69. The Hall–Kier alpha value is -2.68. The van der Waals surface area contributed by atoms with Gasteiger partial charge in [-0.05, 0) is 34.1 Å². The first kappa shape index (κ1) is 19.6. The standard InChI is InChI=1S/C17H14BrF2NO5/c1-24-15-11(8-10(18)12(19)13(15)20)21-7-5-4-6-9(16(22)25-2)14(21)17(23)26-3/h4-8H,1-3H3. The summed E-state index contributed by atoms with van der Waals surface area (Å²) < 4.78 is 42.4. The van der Waals surface area contributed by atoms with Gasteiger partial charge in [-0.15, -0.1) is 0 Å². The van der Waals surface area contributed by atoms with Gasteiger partial charge in [-0.1, -0.05) is 6.08 Å². The van der Waals surface area contributed by atoms with Crippen LogP contribution in [-0.4, -0.2) is 33.3 Å². The lowest BCUT2D eigenvalue weighted by atomic mass is 10.1. The van der Waals surface area contributed by atoms with Crippen LogP contribution in [0.3, 0.4) is 0 Å². The van der Waals surface area contributed by atoms with Gasteiger partial charge in [0, 0.05) is 6.20 Å². The molecule has 1 aromatic carbocycles. The number of carbonyl (C=O) groups is 2. The highest BCUT2D eigenvalue weighted by Crippen LogP contribution is 2.39. The highest BCUT2D eigenvalue weighted by molar-refractivity contribution is 9.10. The smallest absolute Gasteiger partial charge is 0.355 e. The molecule has 0 aromatic heterocycles. The van der Waals surface area contributed by atoms with Gasteiger partial charge in [0.25, 0.3) is 0 Å². The molecule has 0 unspecified atom stereocenters. The van der Waals surface area contributed by atoms with Crippen molar-refractivity contribution in [3.8, 4) is 5.75 Å². The maximum Gasteiger partial charge on any atom is 0.355 e. The first-order chi connectivity index (χ1) is 12.4. The number of halogens is 3. The van der Waals surface area contributed by atoms with E-state index in [1.807, 2.05) is 0 Å². The molecule has 1 aliphatic rings. The average molecular weight is 430 g/mol. The number of hydrogen-bond donors (Lipinski definition) is 0. The van der Waals surface area contributed by atoms with Crippen molar-refractivity contribution in [1.82, 2.24) is 0 Å². The fourth-order valence-corrected chi connectivity index (χ4v) is 2.68. The fraction of sp³-hybridized carbons (Fsp3) is 0.176. The Morgan fingerprint density at radius 1 is 1.04 bits per heavy atom. The topological polar surface area (TPSA) is 65.1 Å². The molecule has 0 aliphatic carbocycles. The van der Waals surface area contributed by atoms with Gasteiger partial charge < -0.3 is 19.1 Å². The van der Waals surface area contributed by atoms with Crippen molar-refractivity contribution in [3.05, 3.63) is 57.9 Å². The lowest BCUT2D eigenvalue weighted by Gasteiger charge is -2.25. The zero-order chi connectivity index (χ0) is 19.4. The molecule has 0 amide bonds. The summed E-state index contributed by atoms with van der Waals surface area (Å²) in [4.78, 5) is 25.6. The molecule has 0 atom stereocenters. The van der Waals surface area contributed by atoms with Crippen LogP contribution in [0, 0.1) is 11.6 Å². The van der Waals surface area contributed by atoms with E-state index in [-0.39, 0.29) is 21.4 Å². The van der Waals surface area contributed by atoms with E-state index in [2.05, 4.69) is 15.9 Å². The van der Waals surface area contributed by atoms with Gasteiger partial charge in [-0.2, -0.15) is 4.39 Å². The lowest BCUT2D eigenvalue weighted by molar-refractivity contribution is -0.139. The minimum absolute atomic E-state index is 0.0278. The lowest BCUT2D eigenvalue weighted by Crippen LogP contribution is -2.27. The van der Waals surface area contributed by atoms with E-state index in [1.54, 1.807) is 0 Å². The summed E-state index contributed by atoms with van der Waals surface area (Å²) in [7, 11) is 3.42. The van der Waals surface area contributed by atoms with Gasteiger partial charge >= 0.3 is 11.9 Å². The second-order valence-corrected chi connectivity index (χ2v) is 5.71. The first-order valence-electron chi connectivity index (χ1n) is 7.13. The minimum atomic E-state index is -1.26. The van der Waals surface area contributed by atoms with Gasteiger partial charge in [0.15, 0.2) is 11.6 Å². The Morgan fingerprint density at radius 2 is 1.69 bits per heavy atom. The molecule has 1 heterocycles. The third kappa shape index (κ3) is 3.48. The number of methoxy groups -OCH3 is 3. The van der Waals surface area contributed by atoms with E-state index in [1.165, 1.54) is 30.5 Å². The number of carbonyl (C=O) groups excluding carboxylic acids is 2. The van der Waals surface area contributed by atoms with Crippen LogP contribution in [0.15, 0.2) is 46.2 Å². The molecule has 6 nitrogen and oxygen atoms in total. The molecule has 0 N–H and O–H groups in total. The maximum atomic E-state index is 14.3. The summed E-state index contributed by atoms with van der Waals surface area (Å²) in [6, 6.07) is 1.21. The number of esters is 2. The highest BCUT2D eigenvalue weighted by atomic mass is 79.9. The minimum Gasteiger partial charge on any atom is -0.491 e. The summed E-state index contributed by atoms with van der Waals surface area (Å²) in [5.74, 6) is -4.56. The van der Waals surface area contributed by atoms with Crippen molar-refractivity contribution in [1.29, 1.82) is 0 Å². The summed E-state index contributed by atoms with van der Waals surface area (Å²) in [5.41, 5.74) is -0.409. The molecule has 0 saturated heterocycles. The fourth-order valence-electron chi connectivity index (χ4n) is 2.29. The maximum absolute atomic E-state index is 14.3. The molecule has 0 bridgehead atoms. The second-order valence-electron chi connectivity index (χ2n) is 4.85. The van der Waals surface area contributed by atoms with Crippen LogP contribution in [0.25, 0.3) is 0 Å². The number of ether oxygens (including phenoxy) is 3. The second kappa shape index (κ2) is 8.13. The Balaban J connectivity index is 2.82. The monoisotopic (exact) mass is 429 g/mol. The molecule has 2 rings (SSSR count). The quantitative estimate of drug-likeness (QED) is 0.540. The van der Waals surface area contributed by atoms with E-state index in [9.17, 15) is 18.4 Å². The van der Waals surface area contributed by atoms with Gasteiger partial charge in [0.1, 0.15) is 5.70 Å². The molecular weight excluding hydrogens is 416 g/mol. The number of nitrogens with zero attached hydrogens (tertiary/aromatic N) is 1. The van der Waals surface area contributed by atoms with Crippen molar-refractivity contribution in [2.24, 2.45) is 0 Å². The SMILES string of the molecule is COC(=O)C1=C(C(=O)OC)N(c2cc(Br)c(F)c(F)c2OC)C=CC=C1. The molecule has 1 aromatic rings. The number of allylic oxidation sites excluding steroid dienone is 2. The number of rotatable bonds is 4. The zero-order valence-electron chi connectivity index (χ0n) is 14.0. The van der Waals surface area contributed by atoms with E-state index in [0.29, 0.717) is 0 Å². The molecular formula is C17H14BrF2NO5. The molecule has 26 heavy (non-hydrogen) atoms. The molecule has 0 spiro atoms. The number of hydrogen-bond acceptors (Lipinski definition) is 6. The summed E-state index contributed by atoms with van der Waals surface area (Å²) >= 11 is 2.92. The Kier molecular flexibility index (Phi) is 6.14. The number of anilines is 1. The van der Waals surface area contributed by atoms with E-state index in [4.69, 9.17) is 14.2 Å². The van der Waals surface area contributed by atoms with E-state index >= 15 is 0 Å². The molecule has 1 aliphatic heterocycles. The Labute approximate surface area is 156 Å². The zero-order valence-corrected chi connectivity index (χ0v) is 15.6. The normalized spacial score (nSPS) is 13.5. The Morgan fingerprint density at radius 3 is 2.27 bits per heavy atom. The third-order valence-corrected chi connectivity index (χ3v) is 4.03. The molecule has 0 fully saturated rings. The third-order valence-electron chi connectivity index (χ3n) is 3.45. The van der Waals surface area contributed by atoms with Crippen LogP contribution in [0.5, 0.6) is 5.75 Å². The van der Waals surface area contributed by atoms with Crippen LogP contribution in [-0.2, 0) is 19.1 Å².